The third kappa shape index (κ3) is 2.81. The second-order valence-corrected chi connectivity index (χ2v) is 10.1. The van der Waals surface area contributed by atoms with E-state index in [1.54, 1.807) is 0 Å². The molecule has 1 nitrogen and oxygen atoms in total. The van der Waals surface area contributed by atoms with Crippen LogP contribution in [0.2, 0.25) is 0 Å². The number of hydrogen-bond donors (Lipinski definition) is 0. The second kappa shape index (κ2) is 7.11. The van der Waals surface area contributed by atoms with Gasteiger partial charge in [-0.1, -0.05) is 0 Å². The molecule has 3 aromatic carbocycles. The Labute approximate surface area is 144 Å². The molecule has 0 saturated carbocycles. The molecule has 0 fully saturated rings. The maximum atomic E-state index is 13.6. The van der Waals surface area contributed by atoms with Crippen molar-refractivity contribution in [1.82, 2.24) is 0 Å². The van der Waals surface area contributed by atoms with Crippen LogP contribution in [0.5, 0.6) is 0 Å². The van der Waals surface area contributed by atoms with Crippen LogP contribution in [0.3, 0.4) is 0 Å². The summed E-state index contributed by atoms with van der Waals surface area (Å²) in [6, 6.07) is 31.0. The van der Waals surface area contributed by atoms with Gasteiger partial charge in [-0.3, -0.25) is 0 Å². The molecule has 0 radical (unpaired) electrons. The quantitative estimate of drug-likeness (QED) is 0.647. The molecule has 0 spiro atoms. The Hall–Kier alpha value is -2.24. The fraction of sp³-hybridized carbons (Fsp3) is 0.136. The van der Waals surface area contributed by atoms with Crippen LogP contribution in [-0.2, 0) is 4.79 Å². The molecule has 0 saturated heterocycles. The predicted molar refractivity (Wildman–Crippen MR) is 106 cm³/mol. The van der Waals surface area contributed by atoms with E-state index < -0.39 is 7.26 Å². The Morgan fingerprint density at radius 2 is 0.917 bits per heavy atom. The third-order valence-corrected chi connectivity index (χ3v) is 9.43. The topological polar surface area (TPSA) is 17.1 Å². The molecular formula is C22H23OP. The fourth-order valence-electron chi connectivity index (χ4n) is 3.42. The molecule has 0 aromatic heterocycles. The summed E-state index contributed by atoms with van der Waals surface area (Å²) in [5.41, 5.74) is 0.353. The van der Waals surface area contributed by atoms with Crippen molar-refractivity contribution in [2.75, 3.05) is 0 Å². The molecule has 122 valence electrons. The molecule has 0 heterocycles. The Morgan fingerprint density at radius 1 is 0.625 bits per heavy atom. The van der Waals surface area contributed by atoms with Gasteiger partial charge in [0.2, 0.25) is 0 Å². The van der Waals surface area contributed by atoms with E-state index in [0.717, 1.165) is 15.9 Å². The van der Waals surface area contributed by atoms with Crippen molar-refractivity contribution in [2.45, 2.75) is 13.8 Å². The Morgan fingerprint density at radius 3 is 1.17 bits per heavy atom. The molecule has 0 atom stereocenters. The first-order valence-electron chi connectivity index (χ1n) is 8.38. The molecule has 0 aliphatic rings. The van der Waals surface area contributed by atoms with Crippen molar-refractivity contribution < 1.29 is 4.79 Å². The van der Waals surface area contributed by atoms with E-state index in [2.05, 4.69) is 36.4 Å². The first-order valence-corrected chi connectivity index (χ1v) is 10.4. The normalized spacial score (nSPS) is 12.1. The Kier molecular flexibility index (Phi) is 4.92. The van der Waals surface area contributed by atoms with E-state index in [9.17, 15) is 4.79 Å². The summed E-state index contributed by atoms with van der Waals surface area (Å²) in [7, 11) is -2.73. The van der Waals surface area contributed by atoms with Gasteiger partial charge in [0.25, 0.3) is 0 Å². The maximum absolute atomic E-state index is 13.6. The molecule has 0 N–H and O–H groups in total. The summed E-state index contributed by atoms with van der Waals surface area (Å²) < 4.78 is 0. The summed E-state index contributed by atoms with van der Waals surface area (Å²) in [5, 5.41) is 3.46. The zero-order chi connectivity index (χ0) is 17.0. The van der Waals surface area contributed by atoms with Crippen LogP contribution >= 0.6 is 7.26 Å². The number of carbonyl (C=O) groups excluding carboxylic acids is 1. The van der Waals surface area contributed by atoms with Gasteiger partial charge in [0.1, 0.15) is 0 Å². The van der Waals surface area contributed by atoms with E-state index in [1.165, 1.54) is 0 Å². The molecule has 3 aromatic rings. The van der Waals surface area contributed by atoms with Crippen LogP contribution in [0, 0.1) is 5.92 Å². The van der Waals surface area contributed by atoms with Gasteiger partial charge >= 0.3 is 144 Å². The van der Waals surface area contributed by atoms with E-state index in [4.69, 9.17) is 0 Å². The first-order chi connectivity index (χ1) is 11.7. The summed E-state index contributed by atoms with van der Waals surface area (Å²) >= 11 is 0. The minimum atomic E-state index is -2.73. The monoisotopic (exact) mass is 334 g/mol. The first kappa shape index (κ1) is 16.6. The zero-order valence-electron chi connectivity index (χ0n) is 14.1. The van der Waals surface area contributed by atoms with E-state index in [0.29, 0.717) is 5.52 Å². The molecule has 3 rings (SSSR count). The van der Waals surface area contributed by atoms with Gasteiger partial charge in [0.05, 0.1) is 0 Å². The Balaban J connectivity index is 2.40. The minimum absolute atomic E-state index is 0.0164. The number of benzene rings is 3. The number of hydrogen-bond acceptors (Lipinski definition) is 1. The van der Waals surface area contributed by atoms with Crippen molar-refractivity contribution in [3.8, 4) is 0 Å². The molecule has 0 aliphatic carbocycles. The molecule has 0 amide bonds. The van der Waals surface area contributed by atoms with Crippen LogP contribution in [0.4, 0.5) is 0 Å². The van der Waals surface area contributed by atoms with Gasteiger partial charge in [0, 0.05) is 0 Å². The van der Waals surface area contributed by atoms with Gasteiger partial charge < -0.3 is 0 Å². The molecule has 0 bridgehead atoms. The van der Waals surface area contributed by atoms with Gasteiger partial charge in [0.15, 0.2) is 0 Å². The molecule has 2 heteroatoms. The summed E-state index contributed by atoms with van der Waals surface area (Å²) in [4.78, 5) is 13.6. The SMILES string of the molecule is CC(C)C(=O)[PH](c1ccccc1)(c1ccccc1)c1ccccc1. The van der Waals surface area contributed by atoms with Crippen LogP contribution < -0.4 is 15.9 Å². The second-order valence-electron chi connectivity index (χ2n) is 6.37. The average molecular weight is 334 g/mol. The van der Waals surface area contributed by atoms with Crippen LogP contribution in [0.1, 0.15) is 13.8 Å². The third-order valence-electron chi connectivity index (χ3n) is 4.51. The number of carbonyl (C=O) groups is 1. The van der Waals surface area contributed by atoms with Gasteiger partial charge in [-0.25, -0.2) is 0 Å². The fourth-order valence-corrected chi connectivity index (χ4v) is 8.22. The van der Waals surface area contributed by atoms with Gasteiger partial charge in [-0.15, -0.1) is 0 Å². The molecular weight excluding hydrogens is 311 g/mol. The van der Waals surface area contributed by atoms with Gasteiger partial charge in [-0.2, -0.15) is 0 Å². The van der Waals surface area contributed by atoms with Crippen LogP contribution in [0.15, 0.2) is 91.0 Å². The molecule has 0 aliphatic heterocycles. The van der Waals surface area contributed by atoms with Crippen molar-refractivity contribution in [2.24, 2.45) is 5.92 Å². The van der Waals surface area contributed by atoms with Crippen LogP contribution in [-0.4, -0.2) is 5.52 Å². The summed E-state index contributed by atoms with van der Waals surface area (Å²) in [6.45, 7) is 4.03. The zero-order valence-corrected chi connectivity index (χ0v) is 15.1. The van der Waals surface area contributed by atoms with Crippen molar-refractivity contribution >= 4 is 28.7 Å². The van der Waals surface area contributed by atoms with E-state index >= 15 is 0 Å². The standard InChI is InChI=1S/C22H23OP/c1-18(2)22(23)24(19-12-6-3-7-13-19,20-14-8-4-9-15-20)21-16-10-5-11-17-21/h3-18,24H,1-2H3. The summed E-state index contributed by atoms with van der Waals surface area (Å²) in [5.74, 6) is -0.0164. The Bertz CT molecular complexity index is 698. The van der Waals surface area contributed by atoms with E-state index in [-0.39, 0.29) is 5.92 Å². The molecule has 0 unspecified atom stereocenters. The van der Waals surface area contributed by atoms with E-state index in [1.807, 2.05) is 68.4 Å². The van der Waals surface area contributed by atoms with Gasteiger partial charge in [-0.05, 0) is 0 Å². The average Bonchev–Trinajstić information content (AvgIpc) is 2.65. The molecule has 24 heavy (non-hydrogen) atoms. The summed E-state index contributed by atoms with van der Waals surface area (Å²) in [6.07, 6.45) is 0. The van der Waals surface area contributed by atoms with Crippen molar-refractivity contribution in [3.05, 3.63) is 91.0 Å². The van der Waals surface area contributed by atoms with Crippen LogP contribution in [0.25, 0.3) is 0 Å². The predicted octanol–water partition coefficient (Wildman–Crippen LogP) is 3.90. The van der Waals surface area contributed by atoms with Crippen molar-refractivity contribution in [3.63, 3.8) is 0 Å². The number of rotatable bonds is 5. The van der Waals surface area contributed by atoms with Crippen molar-refractivity contribution in [1.29, 1.82) is 0 Å².